The predicted molar refractivity (Wildman–Crippen MR) is 150 cm³/mol. The molecule has 1 unspecified atom stereocenters. The molecule has 12 heteroatoms. The smallest absolute Gasteiger partial charge is 0.343 e. The van der Waals surface area contributed by atoms with Crippen molar-refractivity contribution in [2.45, 2.75) is 50.2 Å². The topological polar surface area (TPSA) is 102 Å². The van der Waals surface area contributed by atoms with Crippen LogP contribution in [0.15, 0.2) is 47.4 Å². The second kappa shape index (κ2) is 9.58. The molecule has 4 heterocycles. The summed E-state index contributed by atoms with van der Waals surface area (Å²) in [6.45, 7) is -0.843. The maximum absolute atomic E-state index is 13.8. The van der Waals surface area contributed by atoms with Crippen LogP contribution in [0.4, 0.5) is 13.2 Å². The number of likely N-dealkylation sites (tertiary alicyclic amines) is 1. The van der Waals surface area contributed by atoms with Gasteiger partial charge in [0.15, 0.2) is 0 Å². The third-order valence-corrected chi connectivity index (χ3v) is 9.55. The first-order chi connectivity index (χ1) is 20.0. The molecule has 218 valence electrons. The molecular formula is C30H27ClF3N5O3. The Bertz CT molecular complexity index is 1810. The monoisotopic (exact) mass is 597 g/mol. The zero-order valence-electron chi connectivity index (χ0n) is 22.4. The molecular weight excluding hydrogens is 571 g/mol. The number of hydrogen-bond donors (Lipinski definition) is 2. The molecule has 2 fully saturated rings. The molecule has 2 aromatic heterocycles. The minimum atomic E-state index is -4.60. The fourth-order valence-electron chi connectivity index (χ4n) is 7.07. The molecule has 1 aliphatic carbocycles. The highest BCUT2D eigenvalue weighted by atomic mass is 35.5. The number of benzene rings is 2. The number of nitrogens with one attached hydrogen (secondary N) is 2. The molecule has 4 aromatic rings. The molecule has 42 heavy (non-hydrogen) atoms. The van der Waals surface area contributed by atoms with Gasteiger partial charge in [-0.05, 0) is 59.9 Å². The quantitative estimate of drug-likeness (QED) is 0.336. The van der Waals surface area contributed by atoms with Crippen molar-refractivity contribution in [2.75, 3.05) is 19.6 Å². The van der Waals surface area contributed by atoms with Gasteiger partial charge in [0.25, 0.3) is 5.56 Å². The van der Waals surface area contributed by atoms with Gasteiger partial charge in [0.1, 0.15) is 6.54 Å². The van der Waals surface area contributed by atoms with E-state index in [1.54, 1.807) is 11.0 Å². The average Bonchev–Trinajstić information content (AvgIpc) is 3.46. The van der Waals surface area contributed by atoms with Gasteiger partial charge in [0.05, 0.1) is 22.2 Å². The molecule has 3 aliphatic rings. The van der Waals surface area contributed by atoms with Crippen molar-refractivity contribution in [3.63, 3.8) is 0 Å². The zero-order valence-corrected chi connectivity index (χ0v) is 23.2. The lowest BCUT2D eigenvalue weighted by molar-refractivity contribution is -0.166. The number of amides is 2. The molecule has 2 N–H and O–H groups in total. The molecule has 1 saturated heterocycles. The van der Waals surface area contributed by atoms with Crippen molar-refractivity contribution in [2.24, 2.45) is 5.41 Å². The Morgan fingerprint density at radius 1 is 1.12 bits per heavy atom. The zero-order chi connectivity index (χ0) is 29.4. The number of carbonyl (C=O) groups is 2. The van der Waals surface area contributed by atoms with Gasteiger partial charge in [-0.15, -0.1) is 0 Å². The molecule has 0 spiro atoms. The highest BCUT2D eigenvalue weighted by Crippen LogP contribution is 2.65. The van der Waals surface area contributed by atoms with Crippen LogP contribution in [0.1, 0.15) is 54.2 Å². The first-order valence-electron chi connectivity index (χ1n) is 13.9. The van der Waals surface area contributed by atoms with Gasteiger partial charge in [0, 0.05) is 48.4 Å². The Kier molecular flexibility index (Phi) is 6.16. The Labute approximate surface area is 242 Å². The Morgan fingerprint density at radius 2 is 1.88 bits per heavy atom. The van der Waals surface area contributed by atoms with Crippen LogP contribution in [0.3, 0.4) is 0 Å². The van der Waals surface area contributed by atoms with Crippen LogP contribution in [0.2, 0.25) is 5.02 Å². The van der Waals surface area contributed by atoms with E-state index in [4.69, 9.17) is 11.6 Å². The average molecular weight is 598 g/mol. The van der Waals surface area contributed by atoms with E-state index in [-0.39, 0.29) is 36.8 Å². The van der Waals surface area contributed by atoms with Crippen molar-refractivity contribution in [1.82, 2.24) is 25.0 Å². The summed E-state index contributed by atoms with van der Waals surface area (Å²) >= 11 is 6.48. The van der Waals surface area contributed by atoms with Crippen LogP contribution in [0.5, 0.6) is 0 Å². The number of H-pyrrole nitrogens is 2. The van der Waals surface area contributed by atoms with Gasteiger partial charge in [-0.25, -0.2) is 0 Å². The highest BCUT2D eigenvalue weighted by molar-refractivity contribution is 6.35. The maximum Gasteiger partial charge on any atom is 0.406 e. The van der Waals surface area contributed by atoms with E-state index in [0.29, 0.717) is 58.5 Å². The van der Waals surface area contributed by atoms with Crippen LogP contribution in [-0.4, -0.2) is 62.6 Å². The number of aromatic amines is 2. The third kappa shape index (κ3) is 4.45. The summed E-state index contributed by atoms with van der Waals surface area (Å²) in [6.07, 6.45) is -1.82. The van der Waals surface area contributed by atoms with E-state index in [1.165, 1.54) is 6.20 Å². The van der Waals surface area contributed by atoms with Crippen molar-refractivity contribution in [3.8, 4) is 0 Å². The van der Waals surface area contributed by atoms with Crippen molar-refractivity contribution in [3.05, 3.63) is 74.7 Å². The SMILES string of the molecule is O=C(CC12C[C@@H]1c1cc(Cl)c3[nH]ncc3c1CN(CC(F)(F)F)C2=O)N1CCC(c2cc3ccccc3[nH]c2=O)CC1. The van der Waals surface area contributed by atoms with E-state index in [0.717, 1.165) is 15.8 Å². The summed E-state index contributed by atoms with van der Waals surface area (Å²) in [5.41, 5.74) is 1.85. The lowest BCUT2D eigenvalue weighted by Gasteiger charge is -2.33. The van der Waals surface area contributed by atoms with Crippen LogP contribution < -0.4 is 5.56 Å². The van der Waals surface area contributed by atoms with Gasteiger partial charge in [-0.1, -0.05) is 29.8 Å². The number of alkyl halides is 3. The lowest BCUT2D eigenvalue weighted by atomic mass is 9.88. The molecule has 1 saturated carbocycles. The molecule has 2 aliphatic heterocycles. The number of piperidine rings is 1. The number of aromatic nitrogens is 3. The number of fused-ring (bicyclic) bond motifs is 6. The fraction of sp³-hybridized carbons (Fsp3) is 0.400. The maximum atomic E-state index is 13.8. The summed E-state index contributed by atoms with van der Waals surface area (Å²) in [6, 6.07) is 11.2. The summed E-state index contributed by atoms with van der Waals surface area (Å²) in [5.74, 6) is -1.35. The van der Waals surface area contributed by atoms with E-state index in [9.17, 15) is 27.6 Å². The number of hydrogen-bond acceptors (Lipinski definition) is 4. The number of carbonyl (C=O) groups excluding carboxylic acids is 2. The summed E-state index contributed by atoms with van der Waals surface area (Å²) in [4.78, 5) is 45.6. The largest absolute Gasteiger partial charge is 0.406 e. The van der Waals surface area contributed by atoms with E-state index < -0.39 is 30.0 Å². The standard InChI is InChI=1S/C30H27ClF3N5O3/c31-23-10-19-21(20-13-35-37-26(20)23)14-39(15-30(32,33)34)28(42)29(11-22(19)29)12-25(40)38-7-5-16(6-8-38)18-9-17-3-1-2-4-24(17)36-27(18)41/h1-4,9-10,13,16,22H,5-8,11-12,14-15H2,(H,35,37)(H,36,41)/t22-,29?/m1/s1. The number of halogens is 4. The van der Waals surface area contributed by atoms with Gasteiger partial charge >= 0.3 is 6.18 Å². The van der Waals surface area contributed by atoms with Gasteiger partial charge in [-0.3, -0.25) is 19.5 Å². The van der Waals surface area contributed by atoms with Crippen LogP contribution in [0.25, 0.3) is 21.8 Å². The number of nitrogens with zero attached hydrogens (tertiary/aromatic N) is 3. The van der Waals surface area contributed by atoms with Gasteiger partial charge < -0.3 is 14.8 Å². The number of rotatable bonds is 4. The summed E-state index contributed by atoms with van der Waals surface area (Å²) in [5, 5.41) is 8.69. The molecule has 0 bridgehead atoms. The predicted octanol–water partition coefficient (Wildman–Crippen LogP) is 5.23. The molecule has 7 rings (SSSR count). The molecule has 2 aromatic carbocycles. The lowest BCUT2D eigenvalue weighted by Crippen LogP contribution is -2.45. The Morgan fingerprint density at radius 3 is 2.64 bits per heavy atom. The van der Waals surface area contributed by atoms with Gasteiger partial charge in [0.2, 0.25) is 11.8 Å². The van der Waals surface area contributed by atoms with Gasteiger partial charge in [-0.2, -0.15) is 18.3 Å². The first kappa shape index (κ1) is 27.0. The van der Waals surface area contributed by atoms with E-state index in [1.807, 2.05) is 30.3 Å². The molecule has 2 amide bonds. The first-order valence-corrected chi connectivity index (χ1v) is 14.3. The van der Waals surface area contributed by atoms with Crippen LogP contribution in [0, 0.1) is 5.41 Å². The number of para-hydroxylation sites is 1. The molecule has 0 radical (unpaired) electrons. The van der Waals surface area contributed by atoms with Crippen molar-refractivity contribution < 1.29 is 22.8 Å². The minimum Gasteiger partial charge on any atom is -0.343 e. The van der Waals surface area contributed by atoms with Crippen LogP contribution >= 0.6 is 11.6 Å². The fourth-order valence-corrected chi connectivity index (χ4v) is 7.33. The highest BCUT2D eigenvalue weighted by Gasteiger charge is 2.65. The number of pyridine rings is 1. The second-order valence-electron chi connectivity index (χ2n) is 11.7. The van der Waals surface area contributed by atoms with E-state index in [2.05, 4.69) is 15.2 Å². The van der Waals surface area contributed by atoms with Crippen molar-refractivity contribution >= 4 is 45.2 Å². The van der Waals surface area contributed by atoms with Crippen LogP contribution in [-0.2, 0) is 16.1 Å². The third-order valence-electron chi connectivity index (χ3n) is 9.25. The molecule has 2 atom stereocenters. The summed E-state index contributed by atoms with van der Waals surface area (Å²) in [7, 11) is 0. The minimum absolute atomic E-state index is 0.0255. The van der Waals surface area contributed by atoms with E-state index >= 15 is 0 Å². The Balaban J connectivity index is 1.13. The molecule has 8 nitrogen and oxygen atoms in total. The van der Waals surface area contributed by atoms with Crippen molar-refractivity contribution in [1.29, 1.82) is 0 Å². The second-order valence-corrected chi connectivity index (χ2v) is 12.2. The Hall–Kier alpha value is -3.86. The normalized spacial score (nSPS) is 22.8. The summed E-state index contributed by atoms with van der Waals surface area (Å²) < 4.78 is 40.9.